The second kappa shape index (κ2) is 8.40. The van der Waals surface area contributed by atoms with Gasteiger partial charge in [-0.1, -0.05) is 24.6 Å². The molecular weight excluding hydrogens is 334 g/mol. The molecule has 4 rings (SSSR count). The Bertz CT molecular complexity index is 886. The van der Waals surface area contributed by atoms with E-state index in [9.17, 15) is 0 Å². The molecule has 4 heteroatoms. The smallest absolute Gasteiger partial charge is 0.118 e. The maximum atomic E-state index is 5.27. The van der Waals surface area contributed by atoms with Crippen LogP contribution >= 0.6 is 0 Å². The molecule has 1 aliphatic rings. The van der Waals surface area contributed by atoms with Gasteiger partial charge in [0.05, 0.1) is 18.3 Å². The highest BCUT2D eigenvalue weighted by Crippen LogP contribution is 2.29. The summed E-state index contributed by atoms with van der Waals surface area (Å²) in [4.78, 5) is 4.87. The molecule has 140 valence electrons. The van der Waals surface area contributed by atoms with Gasteiger partial charge in [0.15, 0.2) is 0 Å². The van der Waals surface area contributed by atoms with Crippen molar-refractivity contribution in [3.8, 4) is 17.0 Å². The first kappa shape index (κ1) is 17.8. The first-order valence-electron chi connectivity index (χ1n) is 9.85. The maximum Gasteiger partial charge on any atom is 0.118 e. The minimum atomic E-state index is 0.639. The SMILES string of the molecule is COc1ccc(-c2cc(NCCC3CCCCN3)c3ccccc3n2)cc1. The number of rotatable bonds is 6. The lowest BCUT2D eigenvalue weighted by atomic mass is 10.0. The Hall–Kier alpha value is -2.59. The summed E-state index contributed by atoms with van der Waals surface area (Å²) in [7, 11) is 1.69. The fraction of sp³-hybridized carbons (Fsp3) is 0.348. The zero-order valence-electron chi connectivity index (χ0n) is 15.9. The third-order valence-electron chi connectivity index (χ3n) is 5.32. The van der Waals surface area contributed by atoms with Crippen molar-refractivity contribution >= 4 is 16.6 Å². The minimum absolute atomic E-state index is 0.639. The summed E-state index contributed by atoms with van der Waals surface area (Å²) in [5.41, 5.74) is 4.25. The number of benzene rings is 2. The Balaban J connectivity index is 1.57. The Morgan fingerprint density at radius 2 is 1.96 bits per heavy atom. The zero-order chi connectivity index (χ0) is 18.5. The number of hydrogen-bond donors (Lipinski definition) is 2. The van der Waals surface area contributed by atoms with Crippen LogP contribution in [0.2, 0.25) is 0 Å². The monoisotopic (exact) mass is 361 g/mol. The topological polar surface area (TPSA) is 46.2 Å². The standard InChI is InChI=1S/C23H27N3O/c1-27-19-11-9-17(10-12-19)22-16-23(20-7-2-3-8-21(20)26-22)25-15-13-18-6-4-5-14-24-18/h2-3,7-12,16,18,24H,4-6,13-15H2,1H3,(H,25,26). The summed E-state index contributed by atoms with van der Waals surface area (Å²) in [6.45, 7) is 2.12. The Labute approximate surface area is 161 Å². The molecule has 0 radical (unpaired) electrons. The quantitative estimate of drug-likeness (QED) is 0.658. The first-order chi connectivity index (χ1) is 13.3. The van der Waals surface area contributed by atoms with Crippen LogP contribution < -0.4 is 15.4 Å². The molecule has 1 saturated heterocycles. The number of pyridine rings is 1. The summed E-state index contributed by atoms with van der Waals surface area (Å²) < 4.78 is 5.27. The van der Waals surface area contributed by atoms with E-state index in [0.717, 1.165) is 47.7 Å². The van der Waals surface area contributed by atoms with Crippen LogP contribution in [-0.4, -0.2) is 31.2 Å². The van der Waals surface area contributed by atoms with Crippen molar-refractivity contribution in [2.75, 3.05) is 25.5 Å². The van der Waals surface area contributed by atoms with E-state index in [1.54, 1.807) is 7.11 Å². The van der Waals surface area contributed by atoms with E-state index < -0.39 is 0 Å². The van der Waals surface area contributed by atoms with Gasteiger partial charge >= 0.3 is 0 Å². The molecule has 1 aromatic heterocycles. The normalized spacial score (nSPS) is 17.0. The third-order valence-corrected chi connectivity index (χ3v) is 5.32. The molecule has 1 fully saturated rings. The van der Waals surface area contributed by atoms with Crippen molar-refractivity contribution in [3.05, 3.63) is 54.6 Å². The molecule has 2 heterocycles. The minimum Gasteiger partial charge on any atom is -0.497 e. The molecule has 1 atom stereocenters. The molecular formula is C23H27N3O. The second-order valence-corrected chi connectivity index (χ2v) is 7.16. The molecule has 4 nitrogen and oxygen atoms in total. The number of piperidine rings is 1. The number of nitrogens with one attached hydrogen (secondary N) is 2. The van der Waals surface area contributed by atoms with E-state index in [1.165, 1.54) is 24.6 Å². The van der Waals surface area contributed by atoms with Crippen LogP contribution in [0.1, 0.15) is 25.7 Å². The Kier molecular flexibility index (Phi) is 5.54. The fourth-order valence-corrected chi connectivity index (χ4v) is 3.78. The van der Waals surface area contributed by atoms with Crippen LogP contribution in [-0.2, 0) is 0 Å². The van der Waals surface area contributed by atoms with E-state index in [0.29, 0.717) is 6.04 Å². The number of ether oxygens (including phenoxy) is 1. The van der Waals surface area contributed by atoms with Crippen LogP contribution in [0.25, 0.3) is 22.2 Å². The number of fused-ring (bicyclic) bond motifs is 1. The highest BCUT2D eigenvalue weighted by molar-refractivity contribution is 5.93. The molecule has 0 spiro atoms. The maximum absolute atomic E-state index is 5.27. The molecule has 3 aromatic rings. The van der Waals surface area contributed by atoms with Gasteiger partial charge in [0.1, 0.15) is 5.75 Å². The first-order valence-corrected chi connectivity index (χ1v) is 9.85. The summed E-state index contributed by atoms with van der Waals surface area (Å²) in [5, 5.41) is 8.46. The van der Waals surface area contributed by atoms with Crippen LogP contribution in [0.5, 0.6) is 5.75 Å². The summed E-state index contributed by atoms with van der Waals surface area (Å²) in [5.74, 6) is 0.859. The van der Waals surface area contributed by atoms with Gasteiger partial charge < -0.3 is 15.4 Å². The molecule has 1 aliphatic heterocycles. The van der Waals surface area contributed by atoms with Crippen molar-refractivity contribution in [3.63, 3.8) is 0 Å². The van der Waals surface area contributed by atoms with Gasteiger partial charge in [-0.2, -0.15) is 0 Å². The number of methoxy groups -OCH3 is 1. The summed E-state index contributed by atoms with van der Waals surface area (Å²) in [6, 6.07) is 19.2. The molecule has 0 bridgehead atoms. The molecule has 1 unspecified atom stereocenters. The van der Waals surface area contributed by atoms with Crippen molar-refractivity contribution < 1.29 is 4.74 Å². The predicted molar refractivity (Wildman–Crippen MR) is 112 cm³/mol. The average molecular weight is 361 g/mol. The molecule has 0 aliphatic carbocycles. The lowest BCUT2D eigenvalue weighted by molar-refractivity contribution is 0.389. The molecule has 2 aromatic carbocycles. The van der Waals surface area contributed by atoms with Crippen molar-refractivity contribution in [2.24, 2.45) is 0 Å². The van der Waals surface area contributed by atoms with E-state index in [-0.39, 0.29) is 0 Å². The third kappa shape index (κ3) is 4.22. The molecule has 0 saturated carbocycles. The van der Waals surface area contributed by atoms with Crippen LogP contribution in [0.15, 0.2) is 54.6 Å². The number of hydrogen-bond acceptors (Lipinski definition) is 4. The highest BCUT2D eigenvalue weighted by atomic mass is 16.5. The van der Waals surface area contributed by atoms with Gasteiger partial charge in [0.25, 0.3) is 0 Å². The largest absolute Gasteiger partial charge is 0.497 e. The van der Waals surface area contributed by atoms with Gasteiger partial charge in [-0.05, 0) is 62.2 Å². The van der Waals surface area contributed by atoms with Crippen molar-refractivity contribution in [1.29, 1.82) is 0 Å². The zero-order valence-corrected chi connectivity index (χ0v) is 15.9. The molecule has 2 N–H and O–H groups in total. The average Bonchev–Trinajstić information content (AvgIpc) is 2.74. The van der Waals surface area contributed by atoms with E-state index >= 15 is 0 Å². The highest BCUT2D eigenvalue weighted by Gasteiger charge is 2.12. The number of para-hydroxylation sites is 1. The van der Waals surface area contributed by atoms with E-state index in [4.69, 9.17) is 9.72 Å². The van der Waals surface area contributed by atoms with Gasteiger partial charge in [0.2, 0.25) is 0 Å². The van der Waals surface area contributed by atoms with Gasteiger partial charge in [-0.25, -0.2) is 4.98 Å². The predicted octanol–water partition coefficient (Wildman–Crippen LogP) is 4.85. The molecule has 27 heavy (non-hydrogen) atoms. The lowest BCUT2D eigenvalue weighted by Crippen LogP contribution is -2.35. The number of nitrogens with zero attached hydrogens (tertiary/aromatic N) is 1. The van der Waals surface area contributed by atoms with Gasteiger partial charge in [-0.15, -0.1) is 0 Å². The summed E-state index contributed by atoms with van der Waals surface area (Å²) in [6.07, 6.45) is 5.09. The van der Waals surface area contributed by atoms with Crippen LogP contribution in [0.3, 0.4) is 0 Å². The van der Waals surface area contributed by atoms with E-state index in [1.807, 2.05) is 18.2 Å². The van der Waals surface area contributed by atoms with Crippen LogP contribution in [0, 0.1) is 0 Å². The molecule has 0 amide bonds. The number of anilines is 1. The van der Waals surface area contributed by atoms with Crippen molar-refractivity contribution in [1.82, 2.24) is 10.3 Å². The Morgan fingerprint density at radius 3 is 2.74 bits per heavy atom. The number of aromatic nitrogens is 1. The van der Waals surface area contributed by atoms with E-state index in [2.05, 4.69) is 47.0 Å². The summed E-state index contributed by atoms with van der Waals surface area (Å²) >= 11 is 0. The van der Waals surface area contributed by atoms with Gasteiger partial charge in [-0.3, -0.25) is 0 Å². The van der Waals surface area contributed by atoms with Gasteiger partial charge in [0, 0.05) is 29.2 Å². The van der Waals surface area contributed by atoms with Crippen LogP contribution in [0.4, 0.5) is 5.69 Å². The second-order valence-electron chi connectivity index (χ2n) is 7.16. The lowest BCUT2D eigenvalue weighted by Gasteiger charge is -2.23. The fourth-order valence-electron chi connectivity index (χ4n) is 3.78. The van der Waals surface area contributed by atoms with Crippen molar-refractivity contribution in [2.45, 2.75) is 31.7 Å². The Morgan fingerprint density at radius 1 is 1.11 bits per heavy atom.